The van der Waals surface area contributed by atoms with Gasteiger partial charge in [0.2, 0.25) is 0 Å². The maximum Gasteiger partial charge on any atom is 0.513 e. The predicted molar refractivity (Wildman–Crippen MR) is 114 cm³/mol. The van der Waals surface area contributed by atoms with E-state index >= 15 is 0 Å². The summed E-state index contributed by atoms with van der Waals surface area (Å²) in [6.45, 7) is 8.86. The van der Waals surface area contributed by atoms with Gasteiger partial charge in [0.05, 0.1) is 17.0 Å². The normalized spacial score (nSPS) is 18.0. The molecule has 7 heteroatoms. The fourth-order valence-corrected chi connectivity index (χ4v) is 4.53. The first-order valence-electron chi connectivity index (χ1n) is 9.08. The maximum absolute atomic E-state index is 13.4. The van der Waals surface area contributed by atoms with Crippen LogP contribution in [-0.2, 0) is 19.0 Å². The van der Waals surface area contributed by atoms with Crippen molar-refractivity contribution in [3.63, 3.8) is 0 Å². The van der Waals surface area contributed by atoms with Crippen molar-refractivity contribution >= 4 is 40.4 Å². The number of aryl methyl sites for hydroxylation is 1. The van der Waals surface area contributed by atoms with Gasteiger partial charge >= 0.3 is 6.16 Å². The first-order chi connectivity index (χ1) is 13.5. The van der Waals surface area contributed by atoms with Crippen LogP contribution in [0.5, 0.6) is 0 Å². The number of benzene rings is 1. The summed E-state index contributed by atoms with van der Waals surface area (Å²) in [4.78, 5) is 26.3. The third-order valence-electron chi connectivity index (χ3n) is 4.77. The highest BCUT2D eigenvalue weighted by Crippen LogP contribution is 2.43. The zero-order valence-corrected chi connectivity index (χ0v) is 18.8. The SMILES string of the molecule is COC(=O)OC1=C(c2cc(-c3ccc(Cl)s3)ccc2C)C(=O)C(C)(C)OC1(C)C. The van der Waals surface area contributed by atoms with Gasteiger partial charge in [-0.2, -0.15) is 0 Å². The lowest BCUT2D eigenvalue weighted by atomic mass is 9.81. The molecule has 1 aromatic carbocycles. The van der Waals surface area contributed by atoms with E-state index in [-0.39, 0.29) is 11.5 Å². The van der Waals surface area contributed by atoms with Crippen LogP contribution in [-0.4, -0.2) is 30.3 Å². The van der Waals surface area contributed by atoms with Gasteiger partial charge in [0.1, 0.15) is 11.2 Å². The number of methoxy groups -OCH3 is 1. The molecule has 0 spiro atoms. The van der Waals surface area contributed by atoms with E-state index in [0.717, 1.165) is 16.0 Å². The second-order valence-electron chi connectivity index (χ2n) is 7.85. The molecule has 1 aliphatic heterocycles. The molecular weight excluding hydrogens is 412 g/mol. The Morgan fingerprint density at radius 1 is 1.10 bits per heavy atom. The van der Waals surface area contributed by atoms with Gasteiger partial charge < -0.3 is 14.2 Å². The first-order valence-corrected chi connectivity index (χ1v) is 10.3. The molecule has 0 unspecified atom stereocenters. The molecule has 0 atom stereocenters. The van der Waals surface area contributed by atoms with Crippen molar-refractivity contribution in [2.24, 2.45) is 0 Å². The molecule has 154 valence electrons. The van der Waals surface area contributed by atoms with Crippen molar-refractivity contribution < 1.29 is 23.8 Å². The number of thiophene rings is 1. The van der Waals surface area contributed by atoms with Gasteiger partial charge in [-0.05, 0) is 69.5 Å². The monoisotopic (exact) mass is 434 g/mol. The molecule has 1 aromatic heterocycles. The minimum absolute atomic E-state index is 0.137. The molecule has 0 N–H and O–H groups in total. The number of carbonyl (C=O) groups excluding carboxylic acids is 2. The van der Waals surface area contributed by atoms with Gasteiger partial charge in [-0.25, -0.2) is 4.79 Å². The van der Waals surface area contributed by atoms with E-state index in [1.54, 1.807) is 27.7 Å². The van der Waals surface area contributed by atoms with Gasteiger partial charge in [0.25, 0.3) is 0 Å². The highest BCUT2D eigenvalue weighted by molar-refractivity contribution is 7.19. The number of ketones is 1. The Morgan fingerprint density at radius 2 is 1.79 bits per heavy atom. The number of rotatable bonds is 3. The van der Waals surface area contributed by atoms with E-state index in [9.17, 15) is 9.59 Å². The van der Waals surface area contributed by atoms with Crippen LogP contribution >= 0.6 is 22.9 Å². The molecule has 0 saturated carbocycles. The van der Waals surface area contributed by atoms with Gasteiger partial charge in [0, 0.05) is 4.88 Å². The fraction of sp³-hybridized carbons (Fsp3) is 0.364. The number of ether oxygens (including phenoxy) is 3. The molecule has 0 fully saturated rings. The van der Waals surface area contributed by atoms with Crippen LogP contribution in [0, 0.1) is 6.92 Å². The molecule has 0 bridgehead atoms. The van der Waals surface area contributed by atoms with Crippen molar-refractivity contribution in [2.45, 2.75) is 45.8 Å². The van der Waals surface area contributed by atoms with Crippen LogP contribution in [0.4, 0.5) is 4.79 Å². The Balaban J connectivity index is 2.27. The minimum atomic E-state index is -1.09. The third kappa shape index (κ3) is 4.10. The van der Waals surface area contributed by atoms with E-state index in [4.69, 9.17) is 21.1 Å². The molecule has 3 rings (SSSR count). The van der Waals surface area contributed by atoms with E-state index < -0.39 is 17.4 Å². The molecule has 5 nitrogen and oxygen atoms in total. The van der Waals surface area contributed by atoms with E-state index in [1.807, 2.05) is 37.3 Å². The van der Waals surface area contributed by atoms with E-state index in [2.05, 4.69) is 4.74 Å². The molecule has 1 aliphatic rings. The topological polar surface area (TPSA) is 61.8 Å². The fourth-order valence-electron chi connectivity index (χ4n) is 3.49. The van der Waals surface area contributed by atoms with Gasteiger partial charge in [0.15, 0.2) is 11.5 Å². The quantitative estimate of drug-likeness (QED) is 0.552. The number of halogens is 1. The van der Waals surface area contributed by atoms with Crippen LogP contribution in [0.15, 0.2) is 36.1 Å². The smallest absolute Gasteiger partial charge is 0.437 e. The van der Waals surface area contributed by atoms with E-state index in [0.29, 0.717) is 15.5 Å². The Kier molecular flexibility index (Phi) is 5.64. The summed E-state index contributed by atoms with van der Waals surface area (Å²) in [5.41, 5.74) is 0.687. The molecule has 2 heterocycles. The minimum Gasteiger partial charge on any atom is -0.437 e. The number of Topliss-reactive ketones (excluding diaryl/α,β-unsaturated/α-hetero) is 1. The summed E-state index contributed by atoms with van der Waals surface area (Å²) >= 11 is 7.54. The van der Waals surface area contributed by atoms with Crippen LogP contribution in [0.3, 0.4) is 0 Å². The summed E-state index contributed by atoms with van der Waals surface area (Å²) < 4.78 is 16.8. The predicted octanol–water partition coefficient (Wildman–Crippen LogP) is 6.03. The standard InChI is InChI=1S/C22H23ClO5S/c1-12-7-8-13(15-9-10-16(23)29-15)11-14(12)17-18(24)21(2,3)28-22(4,5)19(17)27-20(25)26-6/h7-11H,1-6H3. The molecular formula is C22H23ClO5S. The van der Waals surface area contributed by atoms with Crippen LogP contribution in [0.25, 0.3) is 16.0 Å². The van der Waals surface area contributed by atoms with Crippen molar-refractivity contribution in [1.29, 1.82) is 0 Å². The van der Waals surface area contributed by atoms with Crippen LogP contribution in [0.1, 0.15) is 38.8 Å². The Hall–Kier alpha value is -2.15. The van der Waals surface area contributed by atoms with Crippen LogP contribution in [0.2, 0.25) is 4.34 Å². The largest absolute Gasteiger partial charge is 0.513 e. The Morgan fingerprint density at radius 3 is 2.38 bits per heavy atom. The molecule has 0 aliphatic carbocycles. The zero-order valence-electron chi connectivity index (χ0n) is 17.2. The average molecular weight is 435 g/mol. The van der Waals surface area contributed by atoms with E-state index in [1.165, 1.54) is 18.4 Å². The zero-order chi connectivity index (χ0) is 21.6. The number of carbonyl (C=O) groups is 2. The van der Waals surface area contributed by atoms with Crippen molar-refractivity contribution in [3.8, 4) is 10.4 Å². The summed E-state index contributed by atoms with van der Waals surface area (Å²) in [6.07, 6.45) is -0.902. The summed E-state index contributed by atoms with van der Waals surface area (Å²) in [5, 5.41) is 0. The number of hydrogen-bond donors (Lipinski definition) is 0. The maximum atomic E-state index is 13.4. The molecule has 0 radical (unpaired) electrons. The van der Waals surface area contributed by atoms with Gasteiger partial charge in [-0.15, -0.1) is 11.3 Å². The first kappa shape index (κ1) is 21.6. The second kappa shape index (κ2) is 7.59. The lowest BCUT2D eigenvalue weighted by molar-refractivity contribution is -0.158. The Bertz CT molecular complexity index is 1020. The molecule has 2 aromatic rings. The highest BCUT2D eigenvalue weighted by atomic mass is 35.5. The summed E-state index contributed by atoms with van der Waals surface area (Å²) in [5.74, 6) is -0.127. The molecule has 29 heavy (non-hydrogen) atoms. The number of hydrogen-bond acceptors (Lipinski definition) is 6. The van der Waals surface area contributed by atoms with Crippen LogP contribution < -0.4 is 0 Å². The summed E-state index contributed by atoms with van der Waals surface area (Å²) in [6, 6.07) is 9.59. The lowest BCUT2D eigenvalue weighted by Gasteiger charge is -2.41. The molecule has 0 amide bonds. The van der Waals surface area contributed by atoms with Crippen molar-refractivity contribution in [1.82, 2.24) is 0 Å². The Labute approximate surface area is 179 Å². The third-order valence-corrected chi connectivity index (χ3v) is 6.05. The van der Waals surface area contributed by atoms with Crippen molar-refractivity contribution in [3.05, 3.63) is 51.6 Å². The van der Waals surface area contributed by atoms with Gasteiger partial charge in [-0.1, -0.05) is 23.7 Å². The lowest BCUT2D eigenvalue weighted by Crippen LogP contribution is -2.50. The van der Waals surface area contributed by atoms with Gasteiger partial charge in [-0.3, -0.25) is 4.79 Å². The summed E-state index contributed by atoms with van der Waals surface area (Å²) in [7, 11) is 1.22. The molecule has 0 saturated heterocycles. The average Bonchev–Trinajstić information content (AvgIpc) is 3.06. The second-order valence-corrected chi connectivity index (χ2v) is 9.56. The van der Waals surface area contributed by atoms with Crippen molar-refractivity contribution in [2.75, 3.05) is 7.11 Å². The highest BCUT2D eigenvalue weighted by Gasteiger charge is 2.49.